The molecule has 0 radical (unpaired) electrons. The maximum absolute atomic E-state index is 8.86. The van der Waals surface area contributed by atoms with E-state index in [0.29, 0.717) is 12.5 Å². The average molecular weight is 207 g/mol. The van der Waals surface area contributed by atoms with Crippen LogP contribution in [-0.4, -0.2) is 18.3 Å². The maximum atomic E-state index is 8.86. The van der Waals surface area contributed by atoms with Crippen LogP contribution >= 0.6 is 0 Å². The number of aliphatic hydroxyl groups is 1. The zero-order chi connectivity index (χ0) is 10.9. The highest BCUT2D eigenvalue weighted by Gasteiger charge is 2.04. The molecule has 0 spiro atoms. The predicted octanol–water partition coefficient (Wildman–Crippen LogP) is 2.18. The van der Waals surface area contributed by atoms with Gasteiger partial charge in [0, 0.05) is 13.2 Å². The number of hydrogen-bond donors (Lipinski definition) is 2. The van der Waals surface area contributed by atoms with Gasteiger partial charge in [-0.1, -0.05) is 43.7 Å². The Morgan fingerprint density at radius 3 is 2.60 bits per heavy atom. The van der Waals surface area contributed by atoms with Crippen LogP contribution in [0.4, 0.5) is 0 Å². The monoisotopic (exact) mass is 207 g/mol. The lowest BCUT2D eigenvalue weighted by Crippen LogP contribution is -2.22. The van der Waals surface area contributed by atoms with Crippen LogP contribution in [0.25, 0.3) is 0 Å². The molecular formula is C13H21NO. The van der Waals surface area contributed by atoms with Crippen LogP contribution in [0.3, 0.4) is 0 Å². The van der Waals surface area contributed by atoms with E-state index >= 15 is 0 Å². The average Bonchev–Trinajstić information content (AvgIpc) is 2.29. The van der Waals surface area contributed by atoms with Gasteiger partial charge in [-0.25, -0.2) is 0 Å². The first-order valence-corrected chi connectivity index (χ1v) is 5.72. The van der Waals surface area contributed by atoms with Crippen molar-refractivity contribution >= 4 is 0 Å². The molecule has 2 heteroatoms. The largest absolute Gasteiger partial charge is 0.396 e. The molecule has 15 heavy (non-hydrogen) atoms. The van der Waals surface area contributed by atoms with Crippen LogP contribution < -0.4 is 5.32 Å². The molecule has 0 heterocycles. The summed E-state index contributed by atoms with van der Waals surface area (Å²) in [5.41, 5.74) is 1.32. The van der Waals surface area contributed by atoms with E-state index in [9.17, 15) is 0 Å². The SMILES string of the molecule is CCC(CCO)CNCc1ccccc1. The molecule has 1 unspecified atom stereocenters. The topological polar surface area (TPSA) is 32.3 Å². The van der Waals surface area contributed by atoms with E-state index in [1.807, 2.05) is 6.07 Å². The number of aliphatic hydroxyl groups excluding tert-OH is 1. The minimum absolute atomic E-state index is 0.297. The van der Waals surface area contributed by atoms with Crippen LogP contribution in [-0.2, 0) is 6.54 Å². The molecule has 2 nitrogen and oxygen atoms in total. The molecule has 0 aromatic heterocycles. The van der Waals surface area contributed by atoms with Crippen LogP contribution in [0.2, 0.25) is 0 Å². The smallest absolute Gasteiger partial charge is 0.0434 e. The third-order valence-electron chi connectivity index (χ3n) is 2.72. The van der Waals surface area contributed by atoms with Crippen LogP contribution in [0, 0.1) is 5.92 Å². The lowest BCUT2D eigenvalue weighted by Gasteiger charge is -2.14. The molecular weight excluding hydrogens is 186 g/mol. The van der Waals surface area contributed by atoms with Gasteiger partial charge in [0.15, 0.2) is 0 Å². The van der Waals surface area contributed by atoms with Gasteiger partial charge in [-0.2, -0.15) is 0 Å². The van der Waals surface area contributed by atoms with Gasteiger partial charge in [-0.3, -0.25) is 0 Å². The summed E-state index contributed by atoms with van der Waals surface area (Å²) in [6, 6.07) is 10.4. The third-order valence-corrected chi connectivity index (χ3v) is 2.72. The quantitative estimate of drug-likeness (QED) is 0.718. The molecule has 0 fully saturated rings. The lowest BCUT2D eigenvalue weighted by atomic mass is 10.0. The highest BCUT2D eigenvalue weighted by Crippen LogP contribution is 2.06. The van der Waals surface area contributed by atoms with Gasteiger partial charge >= 0.3 is 0 Å². The summed E-state index contributed by atoms with van der Waals surface area (Å²) in [7, 11) is 0. The molecule has 84 valence electrons. The van der Waals surface area contributed by atoms with Gasteiger partial charge in [0.2, 0.25) is 0 Å². The Hall–Kier alpha value is -0.860. The number of benzene rings is 1. The molecule has 1 aromatic rings. The molecule has 0 aliphatic heterocycles. The highest BCUT2D eigenvalue weighted by molar-refractivity contribution is 5.14. The molecule has 0 saturated heterocycles. The fourth-order valence-corrected chi connectivity index (χ4v) is 1.65. The van der Waals surface area contributed by atoms with Crippen molar-refractivity contribution in [2.24, 2.45) is 5.92 Å². The zero-order valence-corrected chi connectivity index (χ0v) is 9.45. The summed E-state index contributed by atoms with van der Waals surface area (Å²) in [5.74, 6) is 0.596. The first-order chi connectivity index (χ1) is 7.36. The summed E-state index contributed by atoms with van der Waals surface area (Å²) < 4.78 is 0. The summed E-state index contributed by atoms with van der Waals surface area (Å²) in [6.45, 7) is 4.38. The summed E-state index contributed by atoms with van der Waals surface area (Å²) in [6.07, 6.45) is 2.03. The van der Waals surface area contributed by atoms with Crippen molar-refractivity contribution in [3.8, 4) is 0 Å². The Balaban J connectivity index is 2.20. The van der Waals surface area contributed by atoms with Gasteiger partial charge in [-0.15, -0.1) is 0 Å². The van der Waals surface area contributed by atoms with Gasteiger partial charge in [0.1, 0.15) is 0 Å². The second kappa shape index (κ2) is 7.43. The second-order valence-corrected chi connectivity index (χ2v) is 3.90. The summed E-state index contributed by atoms with van der Waals surface area (Å²) in [5, 5.41) is 12.3. The van der Waals surface area contributed by atoms with Crippen molar-refractivity contribution in [3.05, 3.63) is 35.9 Å². The van der Waals surface area contributed by atoms with Crippen molar-refractivity contribution in [2.75, 3.05) is 13.2 Å². The minimum Gasteiger partial charge on any atom is -0.396 e. The number of nitrogens with one attached hydrogen (secondary N) is 1. The van der Waals surface area contributed by atoms with Crippen molar-refractivity contribution in [3.63, 3.8) is 0 Å². The Morgan fingerprint density at radius 1 is 1.27 bits per heavy atom. The summed E-state index contributed by atoms with van der Waals surface area (Å²) in [4.78, 5) is 0. The van der Waals surface area contributed by atoms with Crippen molar-refractivity contribution in [1.82, 2.24) is 5.32 Å². The zero-order valence-electron chi connectivity index (χ0n) is 9.45. The number of hydrogen-bond acceptors (Lipinski definition) is 2. The molecule has 0 saturated carbocycles. The van der Waals surface area contributed by atoms with E-state index in [1.54, 1.807) is 0 Å². The van der Waals surface area contributed by atoms with E-state index in [2.05, 4.69) is 36.5 Å². The summed E-state index contributed by atoms with van der Waals surface area (Å²) >= 11 is 0. The van der Waals surface area contributed by atoms with E-state index in [4.69, 9.17) is 5.11 Å². The fraction of sp³-hybridized carbons (Fsp3) is 0.538. The predicted molar refractivity (Wildman–Crippen MR) is 63.6 cm³/mol. The van der Waals surface area contributed by atoms with E-state index in [-0.39, 0.29) is 0 Å². The van der Waals surface area contributed by atoms with Gasteiger partial charge in [0.05, 0.1) is 0 Å². The third kappa shape index (κ3) is 4.96. The van der Waals surface area contributed by atoms with Crippen LogP contribution in [0.15, 0.2) is 30.3 Å². The standard InChI is InChI=1S/C13H21NO/c1-2-12(8-9-15)10-14-11-13-6-4-3-5-7-13/h3-7,12,14-15H,2,8-11H2,1H3. The molecule has 1 atom stereocenters. The van der Waals surface area contributed by atoms with Crippen molar-refractivity contribution in [2.45, 2.75) is 26.3 Å². The van der Waals surface area contributed by atoms with E-state index < -0.39 is 0 Å². The normalized spacial score (nSPS) is 12.7. The Kier molecular flexibility index (Phi) is 6.05. The lowest BCUT2D eigenvalue weighted by molar-refractivity contribution is 0.251. The Labute approximate surface area is 92.3 Å². The molecule has 1 aromatic carbocycles. The molecule has 0 aliphatic rings. The molecule has 0 amide bonds. The van der Waals surface area contributed by atoms with Crippen molar-refractivity contribution < 1.29 is 5.11 Å². The second-order valence-electron chi connectivity index (χ2n) is 3.90. The van der Waals surface area contributed by atoms with Gasteiger partial charge < -0.3 is 10.4 Å². The van der Waals surface area contributed by atoms with Crippen LogP contribution in [0.1, 0.15) is 25.3 Å². The Morgan fingerprint density at radius 2 is 2.00 bits per heavy atom. The molecule has 1 rings (SSSR count). The first kappa shape index (κ1) is 12.2. The highest BCUT2D eigenvalue weighted by atomic mass is 16.3. The first-order valence-electron chi connectivity index (χ1n) is 5.72. The van der Waals surface area contributed by atoms with E-state index in [1.165, 1.54) is 5.56 Å². The Bertz CT molecular complexity index is 248. The number of rotatable bonds is 7. The minimum atomic E-state index is 0.297. The van der Waals surface area contributed by atoms with E-state index in [0.717, 1.165) is 25.9 Å². The van der Waals surface area contributed by atoms with Gasteiger partial charge in [-0.05, 0) is 24.4 Å². The van der Waals surface area contributed by atoms with Gasteiger partial charge in [0.25, 0.3) is 0 Å². The molecule has 2 N–H and O–H groups in total. The van der Waals surface area contributed by atoms with Crippen LogP contribution in [0.5, 0.6) is 0 Å². The molecule has 0 bridgehead atoms. The van der Waals surface area contributed by atoms with Crippen molar-refractivity contribution in [1.29, 1.82) is 0 Å². The maximum Gasteiger partial charge on any atom is 0.0434 e. The fourth-order valence-electron chi connectivity index (χ4n) is 1.65. The molecule has 0 aliphatic carbocycles.